The van der Waals surface area contributed by atoms with Gasteiger partial charge in [0.2, 0.25) is 11.9 Å². The van der Waals surface area contributed by atoms with E-state index in [9.17, 15) is 27.9 Å². The molecular formula is C31H36F3N7O6. The fraction of sp³-hybridized carbons (Fsp3) is 0.452. The largest absolute Gasteiger partial charge is 0.494 e. The van der Waals surface area contributed by atoms with E-state index >= 15 is 0 Å². The number of carboxylic acids is 1. The van der Waals surface area contributed by atoms with Crippen LogP contribution in [0.3, 0.4) is 0 Å². The maximum atomic E-state index is 13.4. The van der Waals surface area contributed by atoms with Crippen LogP contribution in [0.4, 0.5) is 30.8 Å². The number of fused-ring (bicyclic) bond motifs is 10. The third-order valence-electron chi connectivity index (χ3n) is 7.52. The van der Waals surface area contributed by atoms with Crippen molar-refractivity contribution in [1.29, 1.82) is 0 Å². The molecule has 47 heavy (non-hydrogen) atoms. The van der Waals surface area contributed by atoms with Crippen LogP contribution in [-0.4, -0.2) is 77.1 Å². The number of hydrogen-bond acceptors (Lipinski definition) is 11. The number of benzene rings is 2. The lowest BCUT2D eigenvalue weighted by Crippen LogP contribution is -2.46. The van der Waals surface area contributed by atoms with Crippen LogP contribution >= 0.6 is 0 Å². The Bertz CT molecular complexity index is 1520. The number of alkyl halides is 3. The predicted molar refractivity (Wildman–Crippen MR) is 164 cm³/mol. The van der Waals surface area contributed by atoms with Crippen LogP contribution in [0.25, 0.3) is 0 Å². The topological polar surface area (TPSA) is 169 Å². The molecule has 2 atom stereocenters. The van der Waals surface area contributed by atoms with E-state index in [4.69, 9.17) is 14.2 Å². The highest BCUT2D eigenvalue weighted by Gasteiger charge is 2.33. The van der Waals surface area contributed by atoms with Gasteiger partial charge in [0.15, 0.2) is 6.61 Å². The fourth-order valence-corrected chi connectivity index (χ4v) is 5.11. The van der Waals surface area contributed by atoms with Crippen LogP contribution in [0, 0.1) is 5.92 Å². The van der Waals surface area contributed by atoms with Crippen LogP contribution in [-0.2, 0) is 11.3 Å². The average Bonchev–Trinajstić information content (AvgIpc) is 3.57. The van der Waals surface area contributed by atoms with E-state index < -0.39 is 36.7 Å². The summed E-state index contributed by atoms with van der Waals surface area (Å²) in [4.78, 5) is 37.6. The molecule has 0 aliphatic carbocycles. The number of ether oxygens (including phenoxy) is 3. The molecule has 0 radical (unpaired) electrons. The predicted octanol–water partition coefficient (Wildman–Crippen LogP) is 4.29. The van der Waals surface area contributed by atoms with Crippen LogP contribution in [0.15, 0.2) is 42.5 Å². The van der Waals surface area contributed by atoms with Gasteiger partial charge in [0.1, 0.15) is 17.5 Å². The van der Waals surface area contributed by atoms with Crippen molar-refractivity contribution in [2.45, 2.75) is 50.9 Å². The van der Waals surface area contributed by atoms with Crippen molar-refractivity contribution in [3.8, 4) is 17.5 Å². The lowest BCUT2D eigenvalue weighted by Gasteiger charge is -2.21. The quantitative estimate of drug-likeness (QED) is 0.255. The molecule has 1 aromatic heterocycles. The number of carbonyl (C=O) groups is 2. The molecule has 13 nitrogen and oxygen atoms in total. The Morgan fingerprint density at radius 2 is 1.74 bits per heavy atom. The van der Waals surface area contributed by atoms with Crippen molar-refractivity contribution in [3.05, 3.63) is 53.6 Å². The van der Waals surface area contributed by atoms with Crippen LogP contribution in [0.1, 0.15) is 48.0 Å². The van der Waals surface area contributed by atoms with Gasteiger partial charge in [-0.3, -0.25) is 4.79 Å². The smallest absolute Gasteiger partial charge is 0.422 e. The molecule has 16 heteroatoms. The Labute approximate surface area is 268 Å². The van der Waals surface area contributed by atoms with E-state index in [1.807, 2.05) is 24.3 Å². The normalized spacial score (nSPS) is 17.9. The zero-order chi connectivity index (χ0) is 33.2. The number of halogens is 3. The molecule has 1 amide bonds. The van der Waals surface area contributed by atoms with Gasteiger partial charge in [0, 0.05) is 30.8 Å². The molecule has 3 aromatic rings. The molecular weight excluding hydrogens is 623 g/mol. The van der Waals surface area contributed by atoms with Gasteiger partial charge in [-0.1, -0.05) is 12.1 Å². The molecule has 0 saturated carbocycles. The Morgan fingerprint density at radius 1 is 1.00 bits per heavy atom. The molecule has 2 unspecified atom stereocenters. The van der Waals surface area contributed by atoms with E-state index in [2.05, 4.69) is 36.2 Å². The van der Waals surface area contributed by atoms with Gasteiger partial charge in [-0.2, -0.15) is 28.1 Å². The summed E-state index contributed by atoms with van der Waals surface area (Å²) in [5.74, 6) is -1.30. The van der Waals surface area contributed by atoms with Crippen LogP contribution in [0.2, 0.25) is 0 Å². The first-order valence-corrected chi connectivity index (χ1v) is 15.3. The minimum atomic E-state index is -4.62. The van der Waals surface area contributed by atoms with Crippen molar-refractivity contribution < 1.29 is 42.1 Å². The molecule has 5 N–H and O–H groups in total. The highest BCUT2D eigenvalue weighted by atomic mass is 19.4. The minimum Gasteiger partial charge on any atom is -0.494 e. The molecule has 3 aliphatic rings. The third-order valence-corrected chi connectivity index (χ3v) is 7.52. The standard InChI is InChI=1S/C31H36F3N7O6/c32-31(33,34)18-47-30-40-28-36-16-19-5-8-22(9-6-19)45-13-3-1-2-4-14-46-24-15-21(37-29(39-28)41-30)7-10-23(24)26(42)38-25(27(43)44)20-11-12-35-17-20/h5-10,15,20,25,35H,1-4,11-14,16-18H2,(H,38,42)(H,43,44)(H2,36,37,39,40,41). The minimum absolute atomic E-state index is 0.0421. The highest BCUT2D eigenvalue weighted by molar-refractivity contribution is 5.99. The molecule has 1 saturated heterocycles. The van der Waals surface area contributed by atoms with Crippen LogP contribution in [0.5, 0.6) is 17.5 Å². The number of carbonyl (C=O) groups excluding carboxylic acids is 1. The Hall–Kier alpha value is -4.86. The van der Waals surface area contributed by atoms with E-state index in [-0.39, 0.29) is 42.3 Å². The second-order valence-corrected chi connectivity index (χ2v) is 11.2. The Kier molecular flexibility index (Phi) is 11.1. The summed E-state index contributed by atoms with van der Waals surface area (Å²) in [6, 6.07) is 10.2. The summed E-state index contributed by atoms with van der Waals surface area (Å²) in [5.41, 5.74) is 1.32. The fourth-order valence-electron chi connectivity index (χ4n) is 5.11. The van der Waals surface area contributed by atoms with Gasteiger partial charge in [0.25, 0.3) is 5.91 Å². The van der Waals surface area contributed by atoms with E-state index in [1.54, 1.807) is 0 Å². The first-order valence-electron chi connectivity index (χ1n) is 15.3. The Morgan fingerprint density at radius 3 is 2.45 bits per heavy atom. The molecule has 2 aromatic carbocycles. The first kappa shape index (κ1) is 33.5. The van der Waals surface area contributed by atoms with Crippen molar-refractivity contribution in [1.82, 2.24) is 25.6 Å². The number of aliphatic carboxylic acids is 1. The summed E-state index contributed by atoms with van der Waals surface area (Å²) < 4.78 is 55.4. The zero-order valence-corrected chi connectivity index (χ0v) is 25.4. The first-order chi connectivity index (χ1) is 22.6. The van der Waals surface area contributed by atoms with Gasteiger partial charge in [0.05, 0.1) is 18.8 Å². The lowest BCUT2D eigenvalue weighted by molar-refractivity contribution is -0.154. The number of aromatic nitrogens is 3. The second kappa shape index (κ2) is 15.6. The van der Waals surface area contributed by atoms with E-state index in [1.165, 1.54) is 18.2 Å². The van der Waals surface area contributed by atoms with E-state index in [0.29, 0.717) is 44.0 Å². The number of nitrogens with zero attached hydrogens (tertiary/aromatic N) is 3. The maximum Gasteiger partial charge on any atom is 0.422 e. The number of rotatable bonds is 6. The monoisotopic (exact) mass is 659 g/mol. The van der Waals surface area contributed by atoms with Gasteiger partial charge >= 0.3 is 18.2 Å². The van der Waals surface area contributed by atoms with Gasteiger partial charge in [-0.05, 0) is 68.5 Å². The third kappa shape index (κ3) is 10.1. The van der Waals surface area contributed by atoms with Crippen LogP contribution < -0.4 is 35.5 Å². The molecule has 1 fully saturated rings. The molecule has 6 bridgehead atoms. The summed E-state index contributed by atoms with van der Waals surface area (Å²) in [6.45, 7) is 0.584. The lowest BCUT2D eigenvalue weighted by atomic mass is 9.98. The summed E-state index contributed by atoms with van der Waals surface area (Å²) in [5, 5.41) is 21.5. The van der Waals surface area contributed by atoms with Crippen molar-refractivity contribution >= 4 is 29.5 Å². The molecule has 252 valence electrons. The SMILES string of the molecule is O=C(NC(C(=O)O)C1CCNC1)c1ccc2cc1OCCCCCCOc1ccc(cc1)CNc1nc(nc(OCC(F)(F)F)n1)N2. The Balaban J connectivity index is 1.42. The van der Waals surface area contributed by atoms with Gasteiger partial charge in [-0.15, -0.1) is 0 Å². The molecule has 6 rings (SSSR count). The zero-order valence-electron chi connectivity index (χ0n) is 25.4. The second-order valence-electron chi connectivity index (χ2n) is 11.2. The van der Waals surface area contributed by atoms with E-state index in [0.717, 1.165) is 24.8 Å². The summed E-state index contributed by atoms with van der Waals surface area (Å²) in [7, 11) is 0. The number of amides is 1. The number of nitrogens with one attached hydrogen (secondary N) is 4. The summed E-state index contributed by atoms with van der Waals surface area (Å²) in [6.07, 6.45) is -0.748. The number of anilines is 3. The maximum absolute atomic E-state index is 13.4. The van der Waals surface area contributed by atoms with Gasteiger partial charge in [-0.25, -0.2) is 4.79 Å². The van der Waals surface area contributed by atoms with Crippen molar-refractivity contribution in [2.75, 3.05) is 43.5 Å². The molecule has 4 heterocycles. The van der Waals surface area contributed by atoms with Gasteiger partial charge < -0.3 is 40.6 Å². The number of carboxylic acid groups (broad SMARTS) is 1. The highest BCUT2D eigenvalue weighted by Crippen LogP contribution is 2.28. The average molecular weight is 660 g/mol. The molecule has 3 aliphatic heterocycles. The van der Waals surface area contributed by atoms with Crippen molar-refractivity contribution in [3.63, 3.8) is 0 Å². The summed E-state index contributed by atoms with van der Waals surface area (Å²) >= 11 is 0. The van der Waals surface area contributed by atoms with Crippen molar-refractivity contribution in [2.24, 2.45) is 5.92 Å². The molecule has 0 spiro atoms. The number of hydrogen-bond donors (Lipinski definition) is 5.